The summed E-state index contributed by atoms with van der Waals surface area (Å²) in [6.45, 7) is 3.99. The van der Waals surface area contributed by atoms with Gasteiger partial charge >= 0.3 is 11.9 Å². The van der Waals surface area contributed by atoms with E-state index in [0.29, 0.717) is 5.56 Å². The molecule has 7 atom stereocenters. The Morgan fingerprint density at radius 2 is 1.79 bits per heavy atom. The number of benzene rings is 1. The lowest BCUT2D eigenvalue weighted by Gasteiger charge is -2.40. The van der Waals surface area contributed by atoms with Gasteiger partial charge in [-0.05, 0) is 12.0 Å². The van der Waals surface area contributed by atoms with E-state index in [1.165, 1.54) is 20.1 Å². The van der Waals surface area contributed by atoms with Gasteiger partial charge in [0.25, 0.3) is 6.29 Å². The lowest BCUT2D eigenvalue weighted by molar-refractivity contribution is -0.193. The Kier molecular flexibility index (Phi) is 11.7. The number of aliphatic hydroxyl groups is 2. The predicted molar refractivity (Wildman–Crippen MR) is 138 cm³/mol. The van der Waals surface area contributed by atoms with Crippen molar-refractivity contribution in [3.63, 3.8) is 0 Å². The summed E-state index contributed by atoms with van der Waals surface area (Å²) in [6.07, 6.45) is -4.27. The first-order chi connectivity index (χ1) is 18.4. The lowest BCUT2D eigenvalue weighted by Crippen LogP contribution is -2.60. The predicted octanol–water partition coefficient (Wildman–Crippen LogP) is -1.45. The van der Waals surface area contributed by atoms with Crippen LogP contribution >= 0.6 is 0 Å². The van der Waals surface area contributed by atoms with Crippen LogP contribution in [0.15, 0.2) is 47.2 Å². The Balaban J connectivity index is 2.48. The van der Waals surface area contributed by atoms with Gasteiger partial charge in [-0.3, -0.25) is 9.59 Å². The van der Waals surface area contributed by atoms with Crippen LogP contribution in [-0.4, -0.2) is 84.2 Å². The standard InChI is InChI=1S/C25H37N5O9/c1-12(2)18(26)23(35)39-24(14-8-6-5-7-9-14)38-22(34)17-10-15(30-25(27)28)19(29-13(3)32)21(37-17)20(36-4)16(33)11-31/h5-10,12,15-16,18-21,24,31,33H,11,26H2,1-4H3,(H,29,32)(H4,27,28,30). The molecule has 0 radical (unpaired) electrons. The zero-order valence-corrected chi connectivity index (χ0v) is 22.2. The summed E-state index contributed by atoms with van der Waals surface area (Å²) in [5.74, 6) is -3.40. The fourth-order valence-electron chi connectivity index (χ4n) is 3.79. The van der Waals surface area contributed by atoms with Gasteiger partial charge in [-0.1, -0.05) is 44.2 Å². The Labute approximate surface area is 226 Å². The summed E-state index contributed by atoms with van der Waals surface area (Å²) < 4.78 is 22.1. The van der Waals surface area contributed by atoms with Gasteiger partial charge in [-0.25, -0.2) is 9.79 Å². The zero-order valence-electron chi connectivity index (χ0n) is 22.2. The second-order valence-corrected chi connectivity index (χ2v) is 9.19. The summed E-state index contributed by atoms with van der Waals surface area (Å²) in [5, 5.41) is 22.5. The van der Waals surface area contributed by atoms with E-state index in [9.17, 15) is 24.6 Å². The second-order valence-electron chi connectivity index (χ2n) is 9.19. The van der Waals surface area contributed by atoms with Gasteiger partial charge in [0.05, 0.1) is 18.7 Å². The molecule has 0 saturated carbocycles. The Bertz CT molecular complexity index is 1050. The van der Waals surface area contributed by atoms with Crippen molar-refractivity contribution in [3.8, 4) is 0 Å². The average molecular weight is 552 g/mol. The van der Waals surface area contributed by atoms with Gasteiger partial charge < -0.3 is 51.7 Å². The molecule has 0 saturated heterocycles. The molecule has 7 unspecified atom stereocenters. The van der Waals surface area contributed by atoms with Crippen LogP contribution in [0.1, 0.15) is 32.6 Å². The number of amides is 1. The Hall–Kier alpha value is -3.72. The Morgan fingerprint density at radius 3 is 2.31 bits per heavy atom. The number of ether oxygens (including phenoxy) is 4. The van der Waals surface area contributed by atoms with Crippen LogP contribution in [0.3, 0.4) is 0 Å². The monoisotopic (exact) mass is 551 g/mol. The summed E-state index contributed by atoms with van der Waals surface area (Å²) in [4.78, 5) is 42.0. The van der Waals surface area contributed by atoms with Crippen LogP contribution < -0.4 is 22.5 Å². The fraction of sp³-hybridized carbons (Fsp3) is 0.520. The molecule has 0 aromatic heterocycles. The van der Waals surface area contributed by atoms with Gasteiger partial charge in [-0.2, -0.15) is 0 Å². The lowest BCUT2D eigenvalue weighted by atomic mass is 9.92. The number of hydrogen-bond acceptors (Lipinski definition) is 11. The third-order valence-electron chi connectivity index (χ3n) is 5.84. The number of methoxy groups -OCH3 is 1. The van der Waals surface area contributed by atoms with Gasteiger partial charge in [-0.15, -0.1) is 0 Å². The van der Waals surface area contributed by atoms with Crippen molar-refractivity contribution in [2.45, 2.75) is 63.5 Å². The summed E-state index contributed by atoms with van der Waals surface area (Å²) in [7, 11) is 1.24. The third-order valence-corrected chi connectivity index (χ3v) is 5.84. The quantitative estimate of drug-likeness (QED) is 0.0758. The van der Waals surface area contributed by atoms with Crippen molar-refractivity contribution < 1.29 is 43.5 Å². The van der Waals surface area contributed by atoms with Crippen molar-refractivity contribution in [2.75, 3.05) is 13.7 Å². The van der Waals surface area contributed by atoms with Crippen molar-refractivity contribution in [2.24, 2.45) is 28.1 Å². The molecule has 14 heteroatoms. The van der Waals surface area contributed by atoms with E-state index >= 15 is 0 Å². The largest absolute Gasteiger partial charge is 0.478 e. The first-order valence-electron chi connectivity index (χ1n) is 12.2. The van der Waals surface area contributed by atoms with Crippen LogP contribution in [0.2, 0.25) is 0 Å². The topological polar surface area (TPSA) is 231 Å². The molecule has 1 aliphatic rings. The van der Waals surface area contributed by atoms with Crippen molar-refractivity contribution in [1.82, 2.24) is 5.32 Å². The van der Waals surface area contributed by atoms with Gasteiger partial charge in [0, 0.05) is 19.6 Å². The van der Waals surface area contributed by atoms with E-state index < -0.39 is 72.9 Å². The van der Waals surface area contributed by atoms with E-state index in [4.69, 9.17) is 36.1 Å². The second kappa shape index (κ2) is 14.4. The molecule has 1 aliphatic heterocycles. The number of nitrogens with zero attached hydrogens (tertiary/aromatic N) is 1. The minimum atomic E-state index is -1.49. The zero-order chi connectivity index (χ0) is 29.3. The van der Waals surface area contributed by atoms with Crippen molar-refractivity contribution in [3.05, 3.63) is 47.7 Å². The number of nitrogens with two attached hydrogens (primary N) is 3. The van der Waals surface area contributed by atoms with E-state index in [0.717, 1.165) is 0 Å². The highest BCUT2D eigenvalue weighted by Gasteiger charge is 2.45. The molecule has 1 aromatic carbocycles. The minimum Gasteiger partial charge on any atom is -0.478 e. The average Bonchev–Trinajstić information content (AvgIpc) is 2.89. The maximum atomic E-state index is 13.3. The number of carbonyl (C=O) groups excluding carboxylic acids is 3. The van der Waals surface area contributed by atoms with Crippen molar-refractivity contribution >= 4 is 23.8 Å². The van der Waals surface area contributed by atoms with Gasteiger partial charge in [0.1, 0.15) is 18.2 Å². The summed E-state index contributed by atoms with van der Waals surface area (Å²) >= 11 is 0. The van der Waals surface area contributed by atoms with Gasteiger partial charge in [0.15, 0.2) is 12.1 Å². The number of hydrogen-bond donors (Lipinski definition) is 6. The molecule has 0 bridgehead atoms. The SMILES string of the molecule is COC(C(O)CO)C1OC(C(=O)OC(OC(=O)C(N)C(C)C)c2ccccc2)=CC(N=C(N)N)C1NC(C)=O. The Morgan fingerprint density at radius 1 is 1.15 bits per heavy atom. The molecule has 2 rings (SSSR count). The number of rotatable bonds is 12. The molecular weight excluding hydrogens is 514 g/mol. The fourth-order valence-corrected chi connectivity index (χ4v) is 3.79. The highest BCUT2D eigenvalue weighted by Crippen LogP contribution is 2.29. The third kappa shape index (κ3) is 8.64. The number of aliphatic imine (C=N–C) groups is 1. The molecule has 9 N–H and O–H groups in total. The number of esters is 2. The van der Waals surface area contributed by atoms with Crippen LogP contribution in [0.5, 0.6) is 0 Å². The van der Waals surface area contributed by atoms with Crippen LogP contribution in [-0.2, 0) is 33.3 Å². The van der Waals surface area contributed by atoms with E-state index in [1.807, 2.05) is 0 Å². The highest BCUT2D eigenvalue weighted by atomic mass is 16.7. The molecule has 39 heavy (non-hydrogen) atoms. The smallest absolute Gasteiger partial charge is 0.376 e. The number of carbonyl (C=O) groups is 3. The molecule has 0 aliphatic carbocycles. The molecule has 0 fully saturated rings. The maximum Gasteiger partial charge on any atom is 0.376 e. The molecular formula is C25H37N5O9. The van der Waals surface area contributed by atoms with Crippen LogP contribution in [0, 0.1) is 5.92 Å². The van der Waals surface area contributed by atoms with Gasteiger partial charge in [0.2, 0.25) is 11.7 Å². The highest BCUT2D eigenvalue weighted by molar-refractivity contribution is 5.87. The molecule has 1 heterocycles. The van der Waals surface area contributed by atoms with Crippen LogP contribution in [0.25, 0.3) is 0 Å². The number of guanidine groups is 1. The summed E-state index contributed by atoms with van der Waals surface area (Å²) in [6, 6.07) is 5.13. The summed E-state index contributed by atoms with van der Waals surface area (Å²) in [5.41, 5.74) is 17.4. The maximum absolute atomic E-state index is 13.3. The van der Waals surface area contributed by atoms with E-state index in [2.05, 4.69) is 10.3 Å². The number of aliphatic hydroxyl groups excluding tert-OH is 2. The van der Waals surface area contributed by atoms with E-state index in [1.54, 1.807) is 44.2 Å². The first-order valence-corrected chi connectivity index (χ1v) is 12.2. The minimum absolute atomic E-state index is 0.246. The molecule has 1 aromatic rings. The van der Waals surface area contributed by atoms with Crippen molar-refractivity contribution in [1.29, 1.82) is 0 Å². The molecule has 216 valence electrons. The normalized spacial score (nSPS) is 21.8. The molecule has 0 spiro atoms. The molecule has 1 amide bonds. The van der Waals surface area contributed by atoms with Crippen LogP contribution in [0.4, 0.5) is 0 Å². The first kappa shape index (κ1) is 31.5. The number of nitrogens with one attached hydrogen (secondary N) is 1. The van der Waals surface area contributed by atoms with E-state index in [-0.39, 0.29) is 11.9 Å². The molecule has 14 nitrogen and oxygen atoms in total.